The molecule has 0 aromatic carbocycles. The molecular weight excluding hydrogens is 196 g/mol. The fraction of sp³-hybridized carbons (Fsp3) is 0.800. The van der Waals surface area contributed by atoms with E-state index >= 15 is 0 Å². The van der Waals surface area contributed by atoms with Gasteiger partial charge in [0.25, 0.3) is 0 Å². The van der Waals surface area contributed by atoms with Crippen LogP contribution in [0.2, 0.25) is 0 Å². The van der Waals surface area contributed by atoms with Crippen LogP contribution in [0, 0.1) is 0 Å². The van der Waals surface area contributed by atoms with Crippen LogP contribution in [0.5, 0.6) is 0 Å². The van der Waals surface area contributed by atoms with Gasteiger partial charge in [0, 0.05) is 0 Å². The number of nitrogens with one attached hydrogen (secondary N) is 1. The van der Waals surface area contributed by atoms with Crippen LogP contribution < -0.4 is 11.1 Å². The van der Waals surface area contributed by atoms with Gasteiger partial charge in [-0.3, -0.25) is 9.59 Å². The van der Waals surface area contributed by atoms with Crippen molar-refractivity contribution in [1.29, 1.82) is 0 Å². The van der Waals surface area contributed by atoms with Crippen molar-refractivity contribution in [2.75, 3.05) is 7.11 Å². The van der Waals surface area contributed by atoms with Crippen molar-refractivity contribution in [1.82, 2.24) is 5.32 Å². The molecular formula is C10H18N2O3. The fourth-order valence-electron chi connectivity index (χ4n) is 1.67. The number of carbonyl (C=O) groups excluding carboxylic acids is 2. The summed E-state index contributed by atoms with van der Waals surface area (Å²) in [6.45, 7) is 1.62. The summed E-state index contributed by atoms with van der Waals surface area (Å²) in [6.07, 6.45) is 2.90. The van der Waals surface area contributed by atoms with Gasteiger partial charge in [-0.2, -0.15) is 0 Å². The minimum Gasteiger partial charge on any atom is -0.469 e. The molecule has 1 rings (SSSR count). The number of esters is 1. The highest BCUT2D eigenvalue weighted by atomic mass is 16.5. The topological polar surface area (TPSA) is 81.4 Å². The Balaban J connectivity index is 2.53. The second kappa shape index (κ2) is 4.61. The minimum absolute atomic E-state index is 0.210. The van der Waals surface area contributed by atoms with E-state index in [0.717, 1.165) is 19.3 Å². The highest BCUT2D eigenvalue weighted by molar-refractivity contribution is 5.83. The van der Waals surface area contributed by atoms with Gasteiger partial charge in [-0.05, 0) is 26.2 Å². The van der Waals surface area contributed by atoms with Crippen LogP contribution in [-0.4, -0.2) is 30.6 Å². The summed E-state index contributed by atoms with van der Waals surface area (Å²) in [5.41, 5.74) is 5.05. The molecule has 86 valence electrons. The number of amides is 1. The normalized spacial score (nSPS) is 19.9. The van der Waals surface area contributed by atoms with Crippen molar-refractivity contribution < 1.29 is 14.3 Å². The zero-order chi connectivity index (χ0) is 11.5. The van der Waals surface area contributed by atoms with E-state index in [1.54, 1.807) is 6.92 Å². The maximum absolute atomic E-state index is 11.4. The van der Waals surface area contributed by atoms with E-state index in [9.17, 15) is 9.59 Å². The predicted octanol–water partition coefficient (Wildman–Crippen LogP) is -0.0644. The van der Waals surface area contributed by atoms with Gasteiger partial charge in [0.2, 0.25) is 5.91 Å². The Kier molecular flexibility index (Phi) is 3.68. The van der Waals surface area contributed by atoms with Crippen LogP contribution in [0.3, 0.4) is 0 Å². The first-order valence-electron chi connectivity index (χ1n) is 5.13. The van der Waals surface area contributed by atoms with Crippen molar-refractivity contribution >= 4 is 11.9 Å². The number of methoxy groups -OCH3 is 1. The third-order valence-corrected chi connectivity index (χ3v) is 2.82. The third kappa shape index (κ3) is 2.92. The standard InChI is InChI=1S/C10H18N2O3/c1-7(11)9(14)12-10(4-3-5-10)6-8(13)15-2/h7H,3-6,11H2,1-2H3,(H,12,14)/t7-/m1/s1. The Morgan fingerprint density at radius 2 is 2.13 bits per heavy atom. The summed E-state index contributed by atoms with van der Waals surface area (Å²) in [4.78, 5) is 22.6. The molecule has 0 unspecified atom stereocenters. The van der Waals surface area contributed by atoms with E-state index in [1.807, 2.05) is 0 Å². The van der Waals surface area contributed by atoms with Gasteiger partial charge < -0.3 is 15.8 Å². The molecule has 1 aliphatic rings. The Bertz CT molecular complexity index is 259. The largest absolute Gasteiger partial charge is 0.469 e. The summed E-state index contributed by atoms with van der Waals surface area (Å²) in [6, 6.07) is -0.542. The quantitative estimate of drug-likeness (QED) is 0.642. The van der Waals surface area contributed by atoms with Gasteiger partial charge >= 0.3 is 5.97 Å². The molecule has 3 N–H and O–H groups in total. The first-order chi connectivity index (χ1) is 6.99. The fourth-order valence-corrected chi connectivity index (χ4v) is 1.67. The van der Waals surface area contributed by atoms with E-state index < -0.39 is 11.6 Å². The van der Waals surface area contributed by atoms with Crippen molar-refractivity contribution in [3.63, 3.8) is 0 Å². The van der Waals surface area contributed by atoms with Crippen molar-refractivity contribution in [2.24, 2.45) is 5.73 Å². The Labute approximate surface area is 89.3 Å². The second-order valence-corrected chi connectivity index (χ2v) is 4.16. The van der Waals surface area contributed by atoms with E-state index in [1.165, 1.54) is 7.11 Å². The average molecular weight is 214 g/mol. The zero-order valence-corrected chi connectivity index (χ0v) is 9.21. The molecule has 0 aromatic heterocycles. The summed E-state index contributed by atoms with van der Waals surface area (Å²) < 4.78 is 4.60. The van der Waals surface area contributed by atoms with Crippen LogP contribution in [0.15, 0.2) is 0 Å². The first kappa shape index (κ1) is 12.0. The van der Waals surface area contributed by atoms with Gasteiger partial charge in [0.1, 0.15) is 0 Å². The Morgan fingerprint density at radius 1 is 1.53 bits per heavy atom. The lowest BCUT2D eigenvalue weighted by Crippen LogP contribution is -2.57. The predicted molar refractivity (Wildman–Crippen MR) is 55.0 cm³/mol. The molecule has 5 nitrogen and oxygen atoms in total. The molecule has 1 fully saturated rings. The molecule has 0 bridgehead atoms. The molecule has 15 heavy (non-hydrogen) atoms. The van der Waals surface area contributed by atoms with Crippen LogP contribution in [0.4, 0.5) is 0 Å². The number of rotatable bonds is 4. The smallest absolute Gasteiger partial charge is 0.307 e. The molecule has 0 spiro atoms. The van der Waals surface area contributed by atoms with E-state index in [2.05, 4.69) is 10.1 Å². The lowest BCUT2D eigenvalue weighted by atomic mass is 9.74. The number of ether oxygens (including phenoxy) is 1. The van der Waals surface area contributed by atoms with Crippen molar-refractivity contribution in [2.45, 2.75) is 44.2 Å². The summed E-state index contributed by atoms with van der Waals surface area (Å²) >= 11 is 0. The number of carbonyl (C=O) groups is 2. The Hall–Kier alpha value is -1.10. The molecule has 0 radical (unpaired) electrons. The maximum atomic E-state index is 11.4. The molecule has 0 aromatic rings. The van der Waals surface area contributed by atoms with E-state index in [-0.39, 0.29) is 18.3 Å². The average Bonchev–Trinajstić information content (AvgIpc) is 2.13. The molecule has 0 saturated heterocycles. The van der Waals surface area contributed by atoms with Gasteiger partial charge in [-0.1, -0.05) is 0 Å². The summed E-state index contributed by atoms with van der Waals surface area (Å²) in [5, 5.41) is 2.83. The van der Waals surface area contributed by atoms with Gasteiger partial charge in [-0.25, -0.2) is 0 Å². The SMILES string of the molecule is COC(=O)CC1(NC(=O)[C@@H](C)N)CCC1. The Morgan fingerprint density at radius 3 is 2.47 bits per heavy atom. The van der Waals surface area contributed by atoms with Crippen LogP contribution >= 0.6 is 0 Å². The second-order valence-electron chi connectivity index (χ2n) is 4.16. The monoisotopic (exact) mass is 214 g/mol. The highest BCUT2D eigenvalue weighted by Gasteiger charge is 2.40. The molecule has 0 heterocycles. The number of hydrogen-bond acceptors (Lipinski definition) is 4. The van der Waals surface area contributed by atoms with Crippen LogP contribution in [0.25, 0.3) is 0 Å². The van der Waals surface area contributed by atoms with Crippen LogP contribution in [-0.2, 0) is 14.3 Å². The van der Waals surface area contributed by atoms with Gasteiger partial charge in [0.15, 0.2) is 0 Å². The molecule has 1 amide bonds. The molecule has 5 heteroatoms. The van der Waals surface area contributed by atoms with Crippen LogP contribution in [0.1, 0.15) is 32.6 Å². The van der Waals surface area contributed by atoms with E-state index in [4.69, 9.17) is 5.73 Å². The molecule has 1 aliphatic carbocycles. The van der Waals surface area contributed by atoms with Crippen molar-refractivity contribution in [3.05, 3.63) is 0 Å². The lowest BCUT2D eigenvalue weighted by molar-refractivity contribution is -0.144. The number of hydrogen-bond donors (Lipinski definition) is 2. The summed E-state index contributed by atoms with van der Waals surface area (Å²) in [7, 11) is 1.35. The number of nitrogens with two attached hydrogens (primary N) is 1. The molecule has 1 saturated carbocycles. The minimum atomic E-state index is -0.542. The molecule has 1 atom stereocenters. The lowest BCUT2D eigenvalue weighted by Gasteiger charge is -2.42. The van der Waals surface area contributed by atoms with Gasteiger partial charge in [-0.15, -0.1) is 0 Å². The maximum Gasteiger partial charge on any atom is 0.307 e. The first-order valence-corrected chi connectivity index (χ1v) is 5.13. The summed E-state index contributed by atoms with van der Waals surface area (Å²) in [5.74, 6) is -0.502. The molecule has 0 aliphatic heterocycles. The van der Waals surface area contributed by atoms with Crippen molar-refractivity contribution in [3.8, 4) is 0 Å². The highest BCUT2D eigenvalue weighted by Crippen LogP contribution is 2.35. The third-order valence-electron chi connectivity index (χ3n) is 2.82. The zero-order valence-electron chi connectivity index (χ0n) is 9.21. The van der Waals surface area contributed by atoms with E-state index in [0.29, 0.717) is 0 Å². The van der Waals surface area contributed by atoms with Gasteiger partial charge in [0.05, 0.1) is 25.1 Å².